The lowest BCUT2D eigenvalue weighted by Gasteiger charge is -2.15. The van der Waals surface area contributed by atoms with Crippen molar-refractivity contribution in [3.63, 3.8) is 0 Å². The van der Waals surface area contributed by atoms with Gasteiger partial charge in [0.2, 0.25) is 11.8 Å². The molecule has 3 atom stereocenters. The normalized spacial score (nSPS) is 19.7. The molecule has 7 nitrogen and oxygen atoms in total. The van der Waals surface area contributed by atoms with Gasteiger partial charge in [-0.05, 0) is 44.4 Å². The van der Waals surface area contributed by atoms with Crippen molar-refractivity contribution >= 4 is 24.2 Å². The second kappa shape index (κ2) is 11.8. The number of carbonyl (C=O) groups is 2. The Kier molecular flexibility index (Phi) is 10.1. The lowest BCUT2D eigenvalue weighted by atomic mass is 10.1. The largest absolute Gasteiger partial charge is 0.494 e. The van der Waals surface area contributed by atoms with Gasteiger partial charge in [-0.25, -0.2) is 0 Å². The molecular weight excluding hydrogens is 370 g/mol. The molecule has 0 aliphatic carbocycles. The number of rotatable bonds is 9. The van der Waals surface area contributed by atoms with E-state index in [1.807, 2.05) is 38.1 Å². The van der Waals surface area contributed by atoms with Crippen LogP contribution in [0.3, 0.4) is 0 Å². The Morgan fingerprint density at radius 2 is 2.04 bits per heavy atom. The summed E-state index contributed by atoms with van der Waals surface area (Å²) in [6, 6.07) is 7.25. The van der Waals surface area contributed by atoms with Crippen LogP contribution in [-0.4, -0.2) is 48.8 Å². The summed E-state index contributed by atoms with van der Waals surface area (Å²) in [7, 11) is 0. The number of carbonyl (C=O) groups excluding carboxylic acids is 2. The summed E-state index contributed by atoms with van der Waals surface area (Å²) in [4.78, 5) is 23.9. The van der Waals surface area contributed by atoms with Crippen molar-refractivity contribution in [1.82, 2.24) is 16.0 Å². The topological polar surface area (TPSA) is 99.7 Å². The first-order chi connectivity index (χ1) is 12.5. The molecule has 152 valence electrons. The summed E-state index contributed by atoms with van der Waals surface area (Å²) in [6.45, 7) is 5.39. The first-order valence-electron chi connectivity index (χ1n) is 9.21. The summed E-state index contributed by atoms with van der Waals surface area (Å²) in [5.74, 6) is 0.648. The van der Waals surface area contributed by atoms with E-state index in [0.717, 1.165) is 11.3 Å². The van der Waals surface area contributed by atoms with Crippen molar-refractivity contribution in [1.29, 1.82) is 0 Å². The quantitative estimate of drug-likeness (QED) is 0.469. The Hall–Kier alpha value is -1.83. The van der Waals surface area contributed by atoms with Gasteiger partial charge in [-0.2, -0.15) is 0 Å². The number of benzene rings is 1. The second-order valence-electron chi connectivity index (χ2n) is 6.54. The number of nitrogens with one attached hydrogen (secondary N) is 3. The summed E-state index contributed by atoms with van der Waals surface area (Å²) >= 11 is 0. The molecule has 1 aromatic rings. The van der Waals surface area contributed by atoms with Crippen molar-refractivity contribution in [2.45, 2.75) is 51.3 Å². The van der Waals surface area contributed by atoms with Gasteiger partial charge >= 0.3 is 0 Å². The Morgan fingerprint density at radius 3 is 2.63 bits per heavy atom. The van der Waals surface area contributed by atoms with Crippen molar-refractivity contribution in [3.8, 4) is 5.75 Å². The molecule has 1 fully saturated rings. The number of ether oxygens (including phenoxy) is 1. The minimum absolute atomic E-state index is 0. The number of aliphatic hydroxyl groups is 1. The SMILES string of the molecule is CCOc1ccc(C(C)NC(=O)CCCNC(=O)C2CC(O)CN2)cc1.Cl. The maximum absolute atomic E-state index is 12.0. The molecule has 0 aromatic heterocycles. The van der Waals surface area contributed by atoms with E-state index in [1.165, 1.54) is 0 Å². The molecule has 1 aliphatic heterocycles. The molecule has 0 saturated carbocycles. The Morgan fingerprint density at radius 1 is 1.33 bits per heavy atom. The third kappa shape index (κ3) is 7.74. The Bertz CT molecular complexity index is 597. The Balaban J connectivity index is 0.00000364. The molecule has 2 amide bonds. The molecule has 2 rings (SSSR count). The van der Waals surface area contributed by atoms with E-state index < -0.39 is 6.10 Å². The smallest absolute Gasteiger partial charge is 0.237 e. The lowest BCUT2D eigenvalue weighted by Crippen LogP contribution is -2.41. The number of hydrogen-bond acceptors (Lipinski definition) is 5. The summed E-state index contributed by atoms with van der Waals surface area (Å²) in [6.07, 6.45) is 0.901. The molecule has 4 N–H and O–H groups in total. The average Bonchev–Trinajstić information content (AvgIpc) is 3.06. The number of β-amino-alcohol motifs (C(OH)–C–C–N with tert-alkyl or cyclic N) is 1. The maximum atomic E-state index is 12.0. The first-order valence-corrected chi connectivity index (χ1v) is 9.21. The highest BCUT2D eigenvalue weighted by atomic mass is 35.5. The van der Waals surface area contributed by atoms with E-state index in [0.29, 0.717) is 39.0 Å². The third-order valence-electron chi connectivity index (χ3n) is 4.37. The van der Waals surface area contributed by atoms with E-state index in [-0.39, 0.29) is 36.3 Å². The van der Waals surface area contributed by atoms with Crippen LogP contribution in [0.4, 0.5) is 0 Å². The zero-order valence-electron chi connectivity index (χ0n) is 15.9. The summed E-state index contributed by atoms with van der Waals surface area (Å²) in [5.41, 5.74) is 1.01. The van der Waals surface area contributed by atoms with Crippen LogP contribution in [0.25, 0.3) is 0 Å². The van der Waals surface area contributed by atoms with Crippen molar-refractivity contribution in [3.05, 3.63) is 29.8 Å². The van der Waals surface area contributed by atoms with Gasteiger partial charge in [-0.3, -0.25) is 9.59 Å². The minimum Gasteiger partial charge on any atom is -0.494 e. The van der Waals surface area contributed by atoms with Gasteiger partial charge in [-0.1, -0.05) is 12.1 Å². The highest BCUT2D eigenvalue weighted by Gasteiger charge is 2.27. The molecule has 1 aromatic carbocycles. The van der Waals surface area contributed by atoms with Crippen LogP contribution in [0.15, 0.2) is 24.3 Å². The van der Waals surface area contributed by atoms with Gasteiger partial charge in [0, 0.05) is 19.5 Å². The highest BCUT2D eigenvalue weighted by molar-refractivity contribution is 5.85. The van der Waals surface area contributed by atoms with Gasteiger partial charge in [0.15, 0.2) is 0 Å². The molecule has 1 heterocycles. The molecule has 3 unspecified atom stereocenters. The maximum Gasteiger partial charge on any atom is 0.237 e. The van der Waals surface area contributed by atoms with E-state index in [9.17, 15) is 14.7 Å². The van der Waals surface area contributed by atoms with E-state index in [4.69, 9.17) is 4.74 Å². The van der Waals surface area contributed by atoms with Crippen molar-refractivity contribution in [2.75, 3.05) is 19.7 Å². The van der Waals surface area contributed by atoms with Crippen LogP contribution in [0.5, 0.6) is 5.75 Å². The molecular formula is C19H30ClN3O4. The van der Waals surface area contributed by atoms with E-state index in [1.54, 1.807) is 0 Å². The predicted molar refractivity (Wildman–Crippen MR) is 106 cm³/mol. The van der Waals surface area contributed by atoms with Crippen LogP contribution in [0.1, 0.15) is 44.7 Å². The molecule has 8 heteroatoms. The number of hydrogen-bond donors (Lipinski definition) is 4. The average molecular weight is 400 g/mol. The lowest BCUT2D eigenvalue weighted by molar-refractivity contribution is -0.124. The molecule has 0 radical (unpaired) electrons. The fourth-order valence-corrected chi connectivity index (χ4v) is 2.92. The zero-order chi connectivity index (χ0) is 18.9. The molecule has 1 saturated heterocycles. The van der Waals surface area contributed by atoms with Crippen molar-refractivity contribution in [2.24, 2.45) is 0 Å². The number of halogens is 1. The highest BCUT2D eigenvalue weighted by Crippen LogP contribution is 2.17. The fraction of sp³-hybridized carbons (Fsp3) is 0.579. The molecule has 0 bridgehead atoms. The minimum atomic E-state index is -0.458. The zero-order valence-corrected chi connectivity index (χ0v) is 16.7. The summed E-state index contributed by atoms with van der Waals surface area (Å²) < 4.78 is 5.41. The van der Waals surface area contributed by atoms with Gasteiger partial charge in [0.05, 0.1) is 24.8 Å². The van der Waals surface area contributed by atoms with Crippen LogP contribution >= 0.6 is 12.4 Å². The third-order valence-corrected chi connectivity index (χ3v) is 4.37. The van der Waals surface area contributed by atoms with Crippen LogP contribution in [0.2, 0.25) is 0 Å². The van der Waals surface area contributed by atoms with Gasteiger partial charge < -0.3 is 25.8 Å². The first kappa shape index (κ1) is 23.2. The van der Waals surface area contributed by atoms with Gasteiger partial charge in [-0.15, -0.1) is 12.4 Å². The molecule has 1 aliphatic rings. The molecule has 0 spiro atoms. The van der Waals surface area contributed by atoms with E-state index >= 15 is 0 Å². The standard InChI is InChI=1S/C19H29N3O4.ClH/c1-3-26-16-8-6-14(7-9-16)13(2)22-18(24)5-4-10-20-19(25)17-11-15(23)12-21-17;/h6-9,13,15,17,21,23H,3-5,10-12H2,1-2H3,(H,20,25)(H,22,24);1H. The van der Waals surface area contributed by atoms with Crippen LogP contribution in [-0.2, 0) is 9.59 Å². The number of amides is 2. The van der Waals surface area contributed by atoms with Crippen LogP contribution < -0.4 is 20.7 Å². The van der Waals surface area contributed by atoms with Gasteiger partial charge in [0.1, 0.15) is 5.75 Å². The summed E-state index contributed by atoms with van der Waals surface area (Å²) in [5, 5.41) is 18.1. The Labute approximate surface area is 166 Å². The van der Waals surface area contributed by atoms with Gasteiger partial charge in [0.25, 0.3) is 0 Å². The monoisotopic (exact) mass is 399 g/mol. The predicted octanol–water partition coefficient (Wildman–Crippen LogP) is 1.30. The second-order valence-corrected chi connectivity index (χ2v) is 6.54. The fourth-order valence-electron chi connectivity index (χ4n) is 2.92. The number of aliphatic hydroxyl groups excluding tert-OH is 1. The van der Waals surface area contributed by atoms with E-state index in [2.05, 4.69) is 16.0 Å². The van der Waals surface area contributed by atoms with Crippen LogP contribution in [0, 0.1) is 0 Å². The molecule has 27 heavy (non-hydrogen) atoms. The van der Waals surface area contributed by atoms with Crippen molar-refractivity contribution < 1.29 is 19.4 Å².